The summed E-state index contributed by atoms with van der Waals surface area (Å²) < 4.78 is 21.8. The van der Waals surface area contributed by atoms with Crippen LogP contribution in [0.15, 0.2) is 74.2 Å². The minimum Gasteiger partial charge on any atom is -0.501 e. The van der Waals surface area contributed by atoms with Crippen molar-refractivity contribution in [2.75, 3.05) is 13.2 Å². The summed E-state index contributed by atoms with van der Waals surface area (Å²) in [5, 5.41) is 0. The van der Waals surface area contributed by atoms with E-state index in [0.29, 0.717) is 47.0 Å². The summed E-state index contributed by atoms with van der Waals surface area (Å²) >= 11 is 0. The van der Waals surface area contributed by atoms with E-state index in [-0.39, 0.29) is 0 Å². The zero-order valence-electron chi connectivity index (χ0n) is 22.5. The number of esters is 2. The van der Waals surface area contributed by atoms with Crippen LogP contribution in [0, 0.1) is 27.7 Å². The third kappa shape index (κ3) is 7.13. The molecule has 3 rings (SSSR count). The summed E-state index contributed by atoms with van der Waals surface area (Å²) in [5.41, 5.74) is 6.49. The molecule has 0 N–H and O–H groups in total. The Bertz CT molecular complexity index is 1240. The number of ether oxygens (including phenoxy) is 4. The minimum absolute atomic E-state index is 0.412. The molecule has 0 aromatic heterocycles. The number of hydrogen-bond acceptors (Lipinski definition) is 6. The highest BCUT2D eigenvalue weighted by molar-refractivity contribution is 5.92. The molecule has 3 aromatic carbocycles. The van der Waals surface area contributed by atoms with Crippen LogP contribution >= 0.6 is 0 Å². The summed E-state index contributed by atoms with van der Waals surface area (Å²) in [6.07, 6.45) is 4.28. The van der Waals surface area contributed by atoms with Crippen molar-refractivity contribution < 1.29 is 28.5 Å². The topological polar surface area (TPSA) is 71.1 Å². The second kappa shape index (κ2) is 13.3. The summed E-state index contributed by atoms with van der Waals surface area (Å²) in [6.45, 7) is 15.7. The van der Waals surface area contributed by atoms with Crippen molar-refractivity contribution in [3.05, 3.63) is 119 Å². The molecule has 6 nitrogen and oxygen atoms in total. The van der Waals surface area contributed by atoms with Gasteiger partial charge in [-0.2, -0.15) is 0 Å². The predicted molar refractivity (Wildman–Crippen MR) is 148 cm³/mol. The van der Waals surface area contributed by atoms with E-state index >= 15 is 0 Å². The van der Waals surface area contributed by atoms with Crippen LogP contribution in [0.3, 0.4) is 0 Å². The average molecular weight is 515 g/mol. The third-order valence-corrected chi connectivity index (χ3v) is 6.46. The summed E-state index contributed by atoms with van der Waals surface area (Å²) in [7, 11) is 0. The molecule has 0 fully saturated rings. The second-order valence-electron chi connectivity index (χ2n) is 8.95. The molecule has 198 valence electrons. The van der Waals surface area contributed by atoms with E-state index < -0.39 is 11.9 Å². The first-order chi connectivity index (χ1) is 18.2. The summed E-state index contributed by atoms with van der Waals surface area (Å²) in [5.74, 6) is -0.0858. The lowest BCUT2D eigenvalue weighted by Crippen LogP contribution is -2.12. The maximum Gasteiger partial charge on any atom is 0.343 e. The van der Waals surface area contributed by atoms with Crippen molar-refractivity contribution in [2.45, 2.75) is 40.5 Å². The highest BCUT2D eigenvalue weighted by Gasteiger charge is 2.17. The molecule has 0 atom stereocenters. The molecule has 0 radical (unpaired) electrons. The molecule has 3 aromatic rings. The minimum atomic E-state index is -0.455. The van der Waals surface area contributed by atoms with E-state index in [9.17, 15) is 9.59 Å². The van der Waals surface area contributed by atoms with Gasteiger partial charge >= 0.3 is 11.9 Å². The average Bonchev–Trinajstić information content (AvgIpc) is 2.90. The van der Waals surface area contributed by atoms with Gasteiger partial charge < -0.3 is 18.9 Å². The molecule has 0 bridgehead atoms. The van der Waals surface area contributed by atoms with Crippen molar-refractivity contribution in [3.8, 4) is 11.5 Å². The van der Waals surface area contributed by atoms with Crippen LogP contribution < -0.4 is 9.47 Å². The Morgan fingerprint density at radius 2 is 1.05 bits per heavy atom. The van der Waals surface area contributed by atoms with E-state index in [4.69, 9.17) is 18.9 Å². The Labute approximate surface area is 224 Å². The first kappa shape index (κ1) is 28.3. The van der Waals surface area contributed by atoms with Crippen molar-refractivity contribution in [1.29, 1.82) is 0 Å². The van der Waals surface area contributed by atoms with Crippen LogP contribution in [0.5, 0.6) is 11.5 Å². The fourth-order valence-corrected chi connectivity index (χ4v) is 4.02. The van der Waals surface area contributed by atoms with Gasteiger partial charge in [-0.3, -0.25) is 0 Å². The lowest BCUT2D eigenvalue weighted by atomic mass is 10.0. The number of hydrogen-bond donors (Lipinski definition) is 0. The molecule has 0 amide bonds. The highest BCUT2D eigenvalue weighted by atomic mass is 16.5. The zero-order valence-corrected chi connectivity index (χ0v) is 22.5. The van der Waals surface area contributed by atoms with Crippen molar-refractivity contribution in [1.82, 2.24) is 0 Å². The standard InChI is InChI=1S/C32H34O6/c1-7-35-17-15-25-9-11-27(19-21(25)3)31(33)37-29-13-14-30(24(6)23(29)5)38-32(34)28-12-10-26(22(4)20-28)16-18-36-8-2/h7-14,19-20H,1-2,15-18H2,3-6H3. The van der Waals surface area contributed by atoms with Gasteiger partial charge in [-0.25, -0.2) is 9.59 Å². The Kier molecular flexibility index (Phi) is 9.88. The van der Waals surface area contributed by atoms with E-state index in [1.54, 1.807) is 24.3 Å². The van der Waals surface area contributed by atoms with Gasteiger partial charge in [-0.1, -0.05) is 25.3 Å². The van der Waals surface area contributed by atoms with Gasteiger partial charge in [0.2, 0.25) is 0 Å². The largest absolute Gasteiger partial charge is 0.501 e. The van der Waals surface area contributed by atoms with Crippen LogP contribution in [-0.2, 0) is 22.3 Å². The van der Waals surface area contributed by atoms with Gasteiger partial charge in [0.15, 0.2) is 0 Å². The van der Waals surface area contributed by atoms with Crippen LogP contribution in [0.4, 0.5) is 0 Å². The number of rotatable bonds is 12. The molecule has 0 aliphatic rings. The summed E-state index contributed by atoms with van der Waals surface area (Å²) in [4.78, 5) is 25.7. The fraction of sp³-hybridized carbons (Fsp3) is 0.250. The van der Waals surface area contributed by atoms with E-state index in [0.717, 1.165) is 35.1 Å². The molecule has 0 unspecified atom stereocenters. The number of aryl methyl sites for hydroxylation is 2. The molecule has 0 spiro atoms. The molecule has 38 heavy (non-hydrogen) atoms. The SMILES string of the molecule is C=COCCc1ccc(C(=O)Oc2ccc(OC(=O)c3ccc(CCOC=C)c(C)c3)c(C)c2C)cc1C. The van der Waals surface area contributed by atoms with Gasteiger partial charge in [0.1, 0.15) is 11.5 Å². The van der Waals surface area contributed by atoms with Gasteiger partial charge in [-0.05, 0) is 97.5 Å². The highest BCUT2D eigenvalue weighted by Crippen LogP contribution is 2.30. The Hall–Kier alpha value is -4.32. The Morgan fingerprint density at radius 1 is 0.658 bits per heavy atom. The number of benzene rings is 3. The monoisotopic (exact) mass is 514 g/mol. The molecule has 0 saturated heterocycles. The normalized spacial score (nSPS) is 10.4. The lowest BCUT2D eigenvalue weighted by molar-refractivity contribution is 0.0717. The van der Waals surface area contributed by atoms with E-state index in [1.165, 1.54) is 12.5 Å². The van der Waals surface area contributed by atoms with Gasteiger partial charge in [0.25, 0.3) is 0 Å². The molecule has 0 aliphatic carbocycles. The molecule has 6 heteroatoms. The maximum absolute atomic E-state index is 12.8. The van der Waals surface area contributed by atoms with Crippen molar-refractivity contribution in [2.24, 2.45) is 0 Å². The number of carbonyl (C=O) groups is 2. The van der Waals surface area contributed by atoms with E-state index in [2.05, 4.69) is 13.2 Å². The Balaban J connectivity index is 1.68. The second-order valence-corrected chi connectivity index (χ2v) is 8.95. The molecular formula is C32H34O6. The number of carbonyl (C=O) groups excluding carboxylic acids is 2. The quantitative estimate of drug-likeness (QED) is 0.115. The fourth-order valence-electron chi connectivity index (χ4n) is 4.02. The Morgan fingerprint density at radius 3 is 1.39 bits per heavy atom. The molecule has 0 heterocycles. The van der Waals surface area contributed by atoms with Crippen molar-refractivity contribution in [3.63, 3.8) is 0 Å². The first-order valence-electron chi connectivity index (χ1n) is 12.4. The van der Waals surface area contributed by atoms with E-state index in [1.807, 2.05) is 52.0 Å². The van der Waals surface area contributed by atoms with Crippen LogP contribution in [0.2, 0.25) is 0 Å². The van der Waals surface area contributed by atoms with Crippen LogP contribution in [0.25, 0.3) is 0 Å². The third-order valence-electron chi connectivity index (χ3n) is 6.46. The predicted octanol–water partition coefficient (Wildman–Crippen LogP) is 6.76. The van der Waals surface area contributed by atoms with Gasteiger partial charge in [0.05, 0.1) is 36.9 Å². The molecule has 0 aliphatic heterocycles. The first-order valence-corrected chi connectivity index (χ1v) is 12.4. The summed E-state index contributed by atoms with van der Waals surface area (Å²) in [6, 6.07) is 14.2. The zero-order chi connectivity index (χ0) is 27.7. The van der Waals surface area contributed by atoms with Gasteiger partial charge in [-0.15, -0.1) is 0 Å². The van der Waals surface area contributed by atoms with Crippen molar-refractivity contribution >= 4 is 11.9 Å². The van der Waals surface area contributed by atoms with Crippen LogP contribution in [-0.4, -0.2) is 25.2 Å². The molecule has 0 saturated carbocycles. The molecular weight excluding hydrogens is 480 g/mol. The van der Waals surface area contributed by atoms with Gasteiger partial charge in [0, 0.05) is 12.8 Å². The van der Waals surface area contributed by atoms with Crippen LogP contribution in [0.1, 0.15) is 54.1 Å². The smallest absolute Gasteiger partial charge is 0.343 e. The lowest BCUT2D eigenvalue weighted by Gasteiger charge is -2.14. The maximum atomic E-state index is 12.8.